The molecule has 1 fully saturated rings. The number of esters is 1. The van der Waals surface area contributed by atoms with E-state index in [-0.39, 0.29) is 16.3 Å². The van der Waals surface area contributed by atoms with Crippen LogP contribution in [0.4, 0.5) is 5.69 Å². The number of carbonyl (C=O) groups is 3. The molecule has 0 bridgehead atoms. The van der Waals surface area contributed by atoms with Crippen LogP contribution < -0.4 is 4.90 Å². The Morgan fingerprint density at radius 2 is 1.43 bits per heavy atom. The topological polar surface area (TPSA) is 173 Å². The Morgan fingerprint density at radius 3 is 1.86 bits per heavy atom. The van der Waals surface area contributed by atoms with Crippen LogP contribution in [0, 0.1) is 0 Å². The van der Waals surface area contributed by atoms with Gasteiger partial charge in [-0.05, 0) is 29.8 Å². The highest BCUT2D eigenvalue weighted by molar-refractivity contribution is 7.90. The first-order chi connectivity index (χ1) is 17.0. The fraction of sp³-hybridized carbons (Fsp3) is 0.320. The third-order valence-electron chi connectivity index (χ3n) is 5.27. The summed E-state index contributed by atoms with van der Waals surface area (Å²) in [5, 5.41) is 15.6. The molecule has 37 heavy (non-hydrogen) atoms. The quantitative estimate of drug-likeness (QED) is 0.371. The molecule has 202 valence electrons. The first kappa shape index (κ1) is 31.3. The van der Waals surface area contributed by atoms with Gasteiger partial charge in [-0.15, -0.1) is 0 Å². The van der Waals surface area contributed by atoms with Crippen molar-refractivity contribution in [1.82, 2.24) is 4.90 Å². The number of carboxylic acids is 2. The molecule has 1 aliphatic rings. The van der Waals surface area contributed by atoms with Gasteiger partial charge in [0.1, 0.15) is 6.10 Å². The monoisotopic (exact) mass is 536 g/mol. The first-order valence-electron chi connectivity index (χ1n) is 11.1. The summed E-state index contributed by atoms with van der Waals surface area (Å²) in [5.41, 5.74) is 2.02. The van der Waals surface area contributed by atoms with Crippen LogP contribution in [0.25, 0.3) is 0 Å². The highest BCUT2D eigenvalue weighted by Gasteiger charge is 2.23. The Bertz CT molecular complexity index is 1140. The standard InChI is InChI=1S/C21H26N2O4S.C4H4O4.H2O/c1-17(24)27-21(18-8-10-20(11-9-18)28(2,25)26)16-22-12-14-23(15-13-22)19-6-4-3-5-7-19;5-3(6)1-2-4(7)8;/h3-11,21H,12-16H2,1-2H3;1-2H,(H,5,6)(H,7,8);1H2/b;2-1-;. The third-order valence-corrected chi connectivity index (χ3v) is 6.40. The molecule has 0 aromatic heterocycles. The minimum atomic E-state index is -3.25. The largest absolute Gasteiger partial charge is 0.478 e. The number of sulfone groups is 1. The van der Waals surface area contributed by atoms with E-state index in [2.05, 4.69) is 21.9 Å². The zero-order valence-corrected chi connectivity index (χ0v) is 21.4. The van der Waals surface area contributed by atoms with Gasteiger partial charge in [-0.1, -0.05) is 30.3 Å². The molecule has 2 aromatic rings. The van der Waals surface area contributed by atoms with Gasteiger partial charge in [0, 0.05) is 63.7 Å². The van der Waals surface area contributed by atoms with E-state index in [0.29, 0.717) is 18.7 Å². The fourth-order valence-electron chi connectivity index (χ4n) is 3.55. The lowest BCUT2D eigenvalue weighted by molar-refractivity contribution is -0.147. The van der Waals surface area contributed by atoms with Gasteiger partial charge in [-0.2, -0.15) is 0 Å². The van der Waals surface area contributed by atoms with Crippen LogP contribution in [-0.4, -0.2) is 85.9 Å². The lowest BCUT2D eigenvalue weighted by Crippen LogP contribution is -2.47. The SMILES string of the molecule is CC(=O)OC(CN1CCN(c2ccccc2)CC1)c1ccc(S(C)(=O)=O)cc1.O.O=C(O)/C=C\C(=O)O. The first-order valence-corrected chi connectivity index (χ1v) is 13.0. The van der Waals surface area contributed by atoms with Gasteiger partial charge in [0.2, 0.25) is 0 Å². The molecule has 4 N–H and O–H groups in total. The molecule has 1 atom stereocenters. The molecule has 1 heterocycles. The maximum Gasteiger partial charge on any atom is 0.328 e. The minimum Gasteiger partial charge on any atom is -0.478 e. The van der Waals surface area contributed by atoms with E-state index in [4.69, 9.17) is 14.9 Å². The van der Waals surface area contributed by atoms with Crippen molar-refractivity contribution < 1.29 is 43.2 Å². The van der Waals surface area contributed by atoms with Gasteiger partial charge in [0.25, 0.3) is 0 Å². The summed E-state index contributed by atoms with van der Waals surface area (Å²) < 4.78 is 28.8. The molecule has 1 saturated heterocycles. The lowest BCUT2D eigenvalue weighted by Gasteiger charge is -2.37. The molecule has 3 rings (SSSR count). The molecule has 12 heteroatoms. The number of benzene rings is 2. The molecule has 0 aliphatic carbocycles. The van der Waals surface area contributed by atoms with E-state index < -0.39 is 27.9 Å². The van der Waals surface area contributed by atoms with Crippen LogP contribution in [0.1, 0.15) is 18.6 Å². The molecule has 0 spiro atoms. The van der Waals surface area contributed by atoms with E-state index in [1.807, 2.05) is 18.2 Å². The number of para-hydroxylation sites is 1. The number of anilines is 1. The Hall–Kier alpha value is -3.74. The summed E-state index contributed by atoms with van der Waals surface area (Å²) in [7, 11) is -3.25. The number of aliphatic carboxylic acids is 2. The van der Waals surface area contributed by atoms with Crippen molar-refractivity contribution in [1.29, 1.82) is 0 Å². The van der Waals surface area contributed by atoms with Crippen LogP contribution in [0.2, 0.25) is 0 Å². The summed E-state index contributed by atoms with van der Waals surface area (Å²) in [6.45, 7) is 5.53. The highest BCUT2D eigenvalue weighted by Crippen LogP contribution is 2.23. The van der Waals surface area contributed by atoms with Gasteiger partial charge < -0.3 is 25.3 Å². The van der Waals surface area contributed by atoms with E-state index in [9.17, 15) is 22.8 Å². The predicted octanol–water partition coefficient (Wildman–Crippen LogP) is 1.40. The number of piperazine rings is 1. The predicted molar refractivity (Wildman–Crippen MR) is 137 cm³/mol. The molecule has 0 amide bonds. The molecule has 1 unspecified atom stereocenters. The maximum atomic E-state index is 11.7. The highest BCUT2D eigenvalue weighted by atomic mass is 32.2. The summed E-state index contributed by atoms with van der Waals surface area (Å²) in [6, 6.07) is 16.9. The van der Waals surface area contributed by atoms with Gasteiger partial charge in [0.05, 0.1) is 4.90 Å². The van der Waals surface area contributed by atoms with Crippen molar-refractivity contribution in [3.05, 3.63) is 72.3 Å². The second-order valence-electron chi connectivity index (χ2n) is 8.07. The molecule has 0 saturated carbocycles. The van der Waals surface area contributed by atoms with Crippen molar-refractivity contribution in [3.63, 3.8) is 0 Å². The molecular weight excluding hydrogens is 504 g/mol. The smallest absolute Gasteiger partial charge is 0.328 e. The van der Waals surface area contributed by atoms with Crippen LogP contribution in [0.5, 0.6) is 0 Å². The van der Waals surface area contributed by atoms with Gasteiger partial charge >= 0.3 is 17.9 Å². The van der Waals surface area contributed by atoms with Gasteiger partial charge in [0.15, 0.2) is 9.84 Å². The van der Waals surface area contributed by atoms with Crippen molar-refractivity contribution in [2.45, 2.75) is 17.9 Å². The molecular formula is C25H32N2O9S. The molecule has 11 nitrogen and oxygen atoms in total. The number of rotatable bonds is 8. The minimum absolute atomic E-state index is 0. The lowest BCUT2D eigenvalue weighted by atomic mass is 10.1. The second kappa shape index (κ2) is 14.7. The summed E-state index contributed by atoms with van der Waals surface area (Å²) >= 11 is 0. The average molecular weight is 537 g/mol. The fourth-order valence-corrected chi connectivity index (χ4v) is 4.18. The van der Waals surface area contributed by atoms with Crippen LogP contribution in [0.3, 0.4) is 0 Å². The molecule has 1 aliphatic heterocycles. The average Bonchev–Trinajstić information content (AvgIpc) is 2.83. The van der Waals surface area contributed by atoms with Gasteiger partial charge in [-0.3, -0.25) is 9.69 Å². The van der Waals surface area contributed by atoms with Crippen molar-refractivity contribution >= 4 is 33.4 Å². The third kappa shape index (κ3) is 11.2. The normalized spacial score (nSPS) is 14.6. The molecule has 2 aromatic carbocycles. The van der Waals surface area contributed by atoms with Crippen molar-refractivity contribution in [2.24, 2.45) is 0 Å². The number of carbonyl (C=O) groups excluding carboxylic acids is 1. The number of hydrogen-bond donors (Lipinski definition) is 2. The van der Waals surface area contributed by atoms with E-state index in [1.165, 1.54) is 18.9 Å². The van der Waals surface area contributed by atoms with Crippen LogP contribution in [0.15, 0.2) is 71.6 Å². The number of hydrogen-bond acceptors (Lipinski definition) is 8. The second-order valence-corrected chi connectivity index (χ2v) is 10.1. The Balaban J connectivity index is 0.000000661. The van der Waals surface area contributed by atoms with Gasteiger partial charge in [-0.25, -0.2) is 18.0 Å². The van der Waals surface area contributed by atoms with E-state index >= 15 is 0 Å². The maximum absolute atomic E-state index is 11.7. The summed E-state index contributed by atoms with van der Waals surface area (Å²) in [4.78, 5) is 35.6. The Labute approximate surface area is 215 Å². The summed E-state index contributed by atoms with van der Waals surface area (Å²) in [5.74, 6) is -2.86. The summed E-state index contributed by atoms with van der Waals surface area (Å²) in [6.07, 6.45) is 1.87. The Morgan fingerprint density at radius 1 is 0.919 bits per heavy atom. The Kier molecular flexibility index (Phi) is 12.5. The zero-order chi connectivity index (χ0) is 26.7. The van der Waals surface area contributed by atoms with E-state index in [0.717, 1.165) is 31.7 Å². The van der Waals surface area contributed by atoms with Crippen LogP contribution >= 0.6 is 0 Å². The number of carboxylic acid groups (broad SMARTS) is 2. The number of nitrogens with zero attached hydrogens (tertiary/aromatic N) is 2. The van der Waals surface area contributed by atoms with E-state index in [1.54, 1.807) is 24.3 Å². The van der Waals surface area contributed by atoms with Crippen molar-refractivity contribution in [2.75, 3.05) is 43.9 Å². The van der Waals surface area contributed by atoms with Crippen LogP contribution in [-0.2, 0) is 29.0 Å². The molecule has 0 radical (unpaired) electrons. The zero-order valence-electron chi connectivity index (χ0n) is 20.6. The van der Waals surface area contributed by atoms with Crippen molar-refractivity contribution in [3.8, 4) is 0 Å². The number of ether oxygens (including phenoxy) is 1.